The molecule has 2 unspecified atom stereocenters. The molecule has 1 heterocycles. The summed E-state index contributed by atoms with van der Waals surface area (Å²) >= 11 is 0. The van der Waals surface area contributed by atoms with Gasteiger partial charge in [0, 0.05) is 11.3 Å². The molecule has 0 amide bonds. The zero-order valence-electron chi connectivity index (χ0n) is 15.7. The Hall–Kier alpha value is -3.02. The van der Waals surface area contributed by atoms with Crippen molar-refractivity contribution in [3.63, 3.8) is 0 Å². The molecule has 0 aromatic heterocycles. The minimum Gasteiger partial charge on any atom is -0.490 e. The number of anilines is 1. The molecule has 1 fully saturated rings. The number of hydrogen-bond acceptors (Lipinski definition) is 5. The molecule has 1 saturated heterocycles. The summed E-state index contributed by atoms with van der Waals surface area (Å²) in [6.07, 6.45) is 0.898. The molecule has 1 aliphatic rings. The Labute approximate surface area is 165 Å². The van der Waals surface area contributed by atoms with Crippen LogP contribution in [0.1, 0.15) is 29.6 Å². The molecule has 0 aliphatic carbocycles. The van der Waals surface area contributed by atoms with Crippen LogP contribution in [0.4, 0.5) is 5.69 Å². The van der Waals surface area contributed by atoms with Crippen LogP contribution in [0.25, 0.3) is 0 Å². The molecule has 5 heteroatoms. The normalized spacial score (nSPS) is 18.7. The van der Waals surface area contributed by atoms with Gasteiger partial charge in [-0.05, 0) is 36.2 Å². The molecule has 3 aromatic rings. The second kappa shape index (κ2) is 8.78. The number of nitrogens with two attached hydrogens (primary N) is 1. The van der Waals surface area contributed by atoms with Gasteiger partial charge in [-0.2, -0.15) is 0 Å². The predicted octanol–water partition coefficient (Wildman–Crippen LogP) is 4.01. The van der Waals surface area contributed by atoms with Crippen LogP contribution in [0.2, 0.25) is 0 Å². The quantitative estimate of drug-likeness (QED) is 0.430. The van der Waals surface area contributed by atoms with Gasteiger partial charge in [-0.1, -0.05) is 54.6 Å². The monoisotopic (exact) mass is 375 g/mol. The number of ether oxygens (including phenoxy) is 2. The molecule has 5 nitrogen and oxygen atoms in total. The van der Waals surface area contributed by atoms with Crippen molar-refractivity contribution in [3.8, 4) is 11.5 Å². The maximum Gasteiger partial charge on any atom is 0.124 e. The highest BCUT2D eigenvalue weighted by Gasteiger charge is 2.28. The van der Waals surface area contributed by atoms with Crippen molar-refractivity contribution in [3.05, 3.63) is 90.0 Å². The summed E-state index contributed by atoms with van der Waals surface area (Å²) in [6.45, 7) is 0.985. The lowest BCUT2D eigenvalue weighted by Gasteiger charge is -2.16. The molecule has 3 aromatic carbocycles. The summed E-state index contributed by atoms with van der Waals surface area (Å²) in [4.78, 5) is 0. The second-order valence-corrected chi connectivity index (χ2v) is 6.81. The average molecular weight is 375 g/mol. The summed E-state index contributed by atoms with van der Waals surface area (Å²) in [5.74, 6) is 1.73. The molecule has 4 rings (SSSR count). The number of hydrazine groups is 1. The standard InChI is InChI=1S/C23H25N3O2/c24-20-12-6-4-10-18(20)21-16-22(26-25-21)19-11-5-7-13-23(19)28-15-14-27-17-8-2-1-3-9-17/h1-13,21-22,25-26H,14-16,24H2. The lowest BCUT2D eigenvalue weighted by atomic mass is 9.96. The summed E-state index contributed by atoms with van der Waals surface area (Å²) in [7, 11) is 0. The van der Waals surface area contributed by atoms with Crippen LogP contribution in [-0.2, 0) is 0 Å². The van der Waals surface area contributed by atoms with Gasteiger partial charge in [0.15, 0.2) is 0 Å². The molecule has 1 aliphatic heterocycles. The molecule has 28 heavy (non-hydrogen) atoms. The molecule has 144 valence electrons. The van der Waals surface area contributed by atoms with Gasteiger partial charge in [-0.25, -0.2) is 10.9 Å². The van der Waals surface area contributed by atoms with E-state index >= 15 is 0 Å². The number of benzene rings is 3. The van der Waals surface area contributed by atoms with Gasteiger partial charge in [-0.15, -0.1) is 0 Å². The smallest absolute Gasteiger partial charge is 0.124 e. The second-order valence-electron chi connectivity index (χ2n) is 6.81. The van der Waals surface area contributed by atoms with Gasteiger partial charge in [0.1, 0.15) is 24.7 Å². The minimum atomic E-state index is 0.149. The number of nitrogens with one attached hydrogen (secondary N) is 2. The molecule has 0 saturated carbocycles. The fourth-order valence-electron chi connectivity index (χ4n) is 3.52. The van der Waals surface area contributed by atoms with Crippen molar-refractivity contribution >= 4 is 5.69 Å². The summed E-state index contributed by atoms with van der Waals surface area (Å²) < 4.78 is 11.7. The first-order valence-electron chi connectivity index (χ1n) is 9.56. The van der Waals surface area contributed by atoms with Crippen LogP contribution < -0.4 is 26.1 Å². The van der Waals surface area contributed by atoms with E-state index in [1.165, 1.54) is 0 Å². The van der Waals surface area contributed by atoms with Crippen LogP contribution in [-0.4, -0.2) is 13.2 Å². The van der Waals surface area contributed by atoms with Crippen LogP contribution in [0.5, 0.6) is 11.5 Å². The topological polar surface area (TPSA) is 68.5 Å². The third kappa shape index (κ3) is 4.27. The van der Waals surface area contributed by atoms with Gasteiger partial charge in [0.25, 0.3) is 0 Å². The van der Waals surface area contributed by atoms with Crippen molar-refractivity contribution < 1.29 is 9.47 Å². The van der Waals surface area contributed by atoms with E-state index in [2.05, 4.69) is 23.0 Å². The number of nitrogen functional groups attached to an aromatic ring is 1. The van der Waals surface area contributed by atoms with Crippen molar-refractivity contribution in [2.45, 2.75) is 18.5 Å². The third-order valence-corrected chi connectivity index (χ3v) is 4.92. The van der Waals surface area contributed by atoms with E-state index in [1.807, 2.05) is 66.7 Å². The molecule has 4 N–H and O–H groups in total. The van der Waals surface area contributed by atoms with Gasteiger partial charge in [0.05, 0.1) is 12.1 Å². The Morgan fingerprint density at radius 1 is 0.714 bits per heavy atom. The molecule has 2 atom stereocenters. The minimum absolute atomic E-state index is 0.149. The Kier molecular flexibility index (Phi) is 5.75. The number of hydrogen-bond donors (Lipinski definition) is 3. The van der Waals surface area contributed by atoms with Gasteiger partial charge >= 0.3 is 0 Å². The Morgan fingerprint density at radius 3 is 2.11 bits per heavy atom. The fraction of sp³-hybridized carbons (Fsp3) is 0.217. The molecule has 0 radical (unpaired) electrons. The van der Waals surface area contributed by atoms with E-state index in [0.717, 1.165) is 34.7 Å². The predicted molar refractivity (Wildman–Crippen MR) is 111 cm³/mol. The van der Waals surface area contributed by atoms with Crippen molar-refractivity contribution in [1.29, 1.82) is 0 Å². The van der Waals surface area contributed by atoms with Crippen LogP contribution in [0.3, 0.4) is 0 Å². The highest BCUT2D eigenvalue weighted by Crippen LogP contribution is 2.36. The zero-order valence-corrected chi connectivity index (χ0v) is 15.7. The van der Waals surface area contributed by atoms with Crippen molar-refractivity contribution in [1.82, 2.24) is 10.9 Å². The van der Waals surface area contributed by atoms with Crippen molar-refractivity contribution in [2.75, 3.05) is 18.9 Å². The fourth-order valence-corrected chi connectivity index (χ4v) is 3.52. The van der Waals surface area contributed by atoms with E-state index in [1.54, 1.807) is 0 Å². The van der Waals surface area contributed by atoms with E-state index in [4.69, 9.17) is 15.2 Å². The Balaban J connectivity index is 1.37. The first-order chi connectivity index (χ1) is 13.8. The van der Waals surface area contributed by atoms with Crippen LogP contribution in [0.15, 0.2) is 78.9 Å². The van der Waals surface area contributed by atoms with Gasteiger partial charge in [0.2, 0.25) is 0 Å². The Morgan fingerprint density at radius 2 is 1.32 bits per heavy atom. The molecular weight excluding hydrogens is 350 g/mol. The largest absolute Gasteiger partial charge is 0.490 e. The molecule has 0 bridgehead atoms. The van der Waals surface area contributed by atoms with Gasteiger partial charge < -0.3 is 15.2 Å². The van der Waals surface area contributed by atoms with E-state index in [-0.39, 0.29) is 12.1 Å². The van der Waals surface area contributed by atoms with Crippen molar-refractivity contribution in [2.24, 2.45) is 0 Å². The number of rotatable bonds is 7. The molecular formula is C23H25N3O2. The maximum absolute atomic E-state index is 6.14. The SMILES string of the molecule is Nc1ccccc1C1CC(c2ccccc2OCCOc2ccccc2)NN1. The average Bonchev–Trinajstić information content (AvgIpc) is 3.22. The van der Waals surface area contributed by atoms with Gasteiger partial charge in [-0.3, -0.25) is 0 Å². The lowest BCUT2D eigenvalue weighted by molar-refractivity contribution is 0.215. The van der Waals surface area contributed by atoms with E-state index < -0.39 is 0 Å². The van der Waals surface area contributed by atoms with Crippen LogP contribution in [0, 0.1) is 0 Å². The van der Waals surface area contributed by atoms with E-state index in [9.17, 15) is 0 Å². The Bertz CT molecular complexity index is 901. The highest BCUT2D eigenvalue weighted by molar-refractivity contribution is 5.49. The number of para-hydroxylation sites is 3. The first kappa shape index (κ1) is 18.3. The van der Waals surface area contributed by atoms with E-state index in [0.29, 0.717) is 13.2 Å². The molecule has 0 spiro atoms. The summed E-state index contributed by atoms with van der Waals surface area (Å²) in [5.41, 5.74) is 16.0. The zero-order chi connectivity index (χ0) is 19.2. The highest BCUT2D eigenvalue weighted by atomic mass is 16.5. The summed E-state index contributed by atoms with van der Waals surface area (Å²) in [6, 6.07) is 26.2. The maximum atomic E-state index is 6.14. The lowest BCUT2D eigenvalue weighted by Crippen LogP contribution is -2.27. The third-order valence-electron chi connectivity index (χ3n) is 4.92. The summed E-state index contributed by atoms with van der Waals surface area (Å²) in [5, 5.41) is 0. The first-order valence-corrected chi connectivity index (χ1v) is 9.56. The van der Waals surface area contributed by atoms with Crippen LogP contribution >= 0.6 is 0 Å².